The fourth-order valence-corrected chi connectivity index (χ4v) is 3.98. The largest absolute Gasteiger partial charge is 0.417 e. The Bertz CT molecular complexity index is 1210. The minimum absolute atomic E-state index is 0.124. The van der Waals surface area contributed by atoms with Crippen molar-refractivity contribution in [3.8, 4) is 5.82 Å². The molecule has 3 heterocycles. The number of hydrogen-bond acceptors (Lipinski definition) is 5. The van der Waals surface area contributed by atoms with E-state index in [1.165, 1.54) is 16.9 Å². The maximum Gasteiger partial charge on any atom is 0.417 e. The summed E-state index contributed by atoms with van der Waals surface area (Å²) in [6.45, 7) is 3.62. The number of carbonyl (C=O) groups excluding carboxylic acids is 1. The molecule has 0 saturated heterocycles. The average molecular weight is 456 g/mol. The predicted molar refractivity (Wildman–Crippen MR) is 116 cm³/mol. The molecule has 0 amide bonds. The zero-order valence-corrected chi connectivity index (χ0v) is 18.2. The first kappa shape index (κ1) is 22.8. The van der Waals surface area contributed by atoms with Gasteiger partial charge in [-0.1, -0.05) is 12.1 Å². The minimum Gasteiger partial charge on any atom is -0.393 e. The highest BCUT2D eigenvalue weighted by molar-refractivity contribution is 5.98. The van der Waals surface area contributed by atoms with Crippen molar-refractivity contribution in [2.75, 3.05) is 0 Å². The van der Waals surface area contributed by atoms with Crippen LogP contribution >= 0.6 is 0 Å². The van der Waals surface area contributed by atoms with Gasteiger partial charge in [0.05, 0.1) is 34.8 Å². The number of nitrogens with zero attached hydrogens (tertiary/aromatic N) is 4. The molecule has 0 aromatic carbocycles. The summed E-state index contributed by atoms with van der Waals surface area (Å²) in [5.74, 6) is 0.0342. The van der Waals surface area contributed by atoms with Gasteiger partial charge in [0.2, 0.25) is 0 Å². The fraction of sp³-hybridized carbons (Fsp3) is 0.333. The highest BCUT2D eigenvalue weighted by atomic mass is 19.4. The van der Waals surface area contributed by atoms with Gasteiger partial charge in [0.25, 0.3) is 0 Å². The van der Waals surface area contributed by atoms with Crippen molar-refractivity contribution < 1.29 is 23.1 Å². The van der Waals surface area contributed by atoms with Gasteiger partial charge < -0.3 is 5.11 Å². The summed E-state index contributed by atoms with van der Waals surface area (Å²) < 4.78 is 39.7. The van der Waals surface area contributed by atoms with E-state index in [-0.39, 0.29) is 24.1 Å². The van der Waals surface area contributed by atoms with Crippen LogP contribution in [0.25, 0.3) is 11.4 Å². The molecule has 1 aliphatic rings. The Hall–Kier alpha value is -3.33. The fourth-order valence-electron chi connectivity index (χ4n) is 3.98. The summed E-state index contributed by atoms with van der Waals surface area (Å²) in [7, 11) is 0. The molecule has 4 rings (SSSR count). The molecule has 172 valence electrons. The monoisotopic (exact) mass is 456 g/mol. The third-order valence-electron chi connectivity index (χ3n) is 5.79. The number of aryl methyl sites for hydroxylation is 1. The van der Waals surface area contributed by atoms with Crippen LogP contribution in [0.15, 0.2) is 42.9 Å². The molecule has 0 fully saturated rings. The van der Waals surface area contributed by atoms with Gasteiger partial charge in [-0.3, -0.25) is 9.78 Å². The van der Waals surface area contributed by atoms with Gasteiger partial charge in [0.15, 0.2) is 11.6 Å². The van der Waals surface area contributed by atoms with E-state index in [9.17, 15) is 23.1 Å². The van der Waals surface area contributed by atoms with Crippen molar-refractivity contribution >= 4 is 11.4 Å². The van der Waals surface area contributed by atoms with Crippen molar-refractivity contribution in [1.29, 1.82) is 0 Å². The van der Waals surface area contributed by atoms with Crippen LogP contribution < -0.4 is 0 Å². The predicted octanol–water partition coefficient (Wildman–Crippen LogP) is 4.65. The van der Waals surface area contributed by atoms with Gasteiger partial charge in [-0.15, -0.1) is 0 Å². The molecule has 0 radical (unpaired) electrons. The molecule has 9 heteroatoms. The maximum atomic E-state index is 12.9. The molecular formula is C24H23F3N4O2. The first-order valence-electron chi connectivity index (χ1n) is 10.6. The first-order valence-corrected chi connectivity index (χ1v) is 10.6. The number of hydrogen-bond donors (Lipinski definition) is 1. The Kier molecular flexibility index (Phi) is 6.16. The molecule has 0 bridgehead atoms. The quantitative estimate of drug-likeness (QED) is 0.565. The van der Waals surface area contributed by atoms with E-state index >= 15 is 0 Å². The highest BCUT2D eigenvalue weighted by Gasteiger charge is 2.31. The molecule has 1 aliphatic carbocycles. The van der Waals surface area contributed by atoms with E-state index < -0.39 is 11.7 Å². The summed E-state index contributed by atoms with van der Waals surface area (Å²) >= 11 is 0. The highest BCUT2D eigenvalue weighted by Crippen LogP contribution is 2.30. The van der Waals surface area contributed by atoms with E-state index in [1.807, 2.05) is 19.1 Å². The van der Waals surface area contributed by atoms with Crippen molar-refractivity contribution in [3.63, 3.8) is 0 Å². The topological polar surface area (TPSA) is 80.9 Å². The summed E-state index contributed by atoms with van der Waals surface area (Å²) in [5, 5.41) is 13.8. The van der Waals surface area contributed by atoms with Crippen LogP contribution in [0, 0.1) is 13.8 Å². The second kappa shape index (κ2) is 8.90. The Morgan fingerprint density at radius 1 is 1.18 bits per heavy atom. The normalized spacial score (nSPS) is 16.5. The van der Waals surface area contributed by atoms with Gasteiger partial charge in [-0.2, -0.15) is 18.3 Å². The lowest BCUT2D eigenvalue weighted by atomic mass is 9.92. The number of allylic oxidation sites excluding steroid dienone is 1. The lowest BCUT2D eigenvalue weighted by Gasteiger charge is -2.18. The van der Waals surface area contributed by atoms with Crippen molar-refractivity contribution in [1.82, 2.24) is 19.7 Å². The molecule has 1 N–H and O–H groups in total. The van der Waals surface area contributed by atoms with E-state index in [0.29, 0.717) is 24.1 Å². The number of Topliss-reactive ketones (excluding diaryl/α,β-unsaturated/α-hetero) is 1. The minimum atomic E-state index is -4.47. The van der Waals surface area contributed by atoms with E-state index in [4.69, 9.17) is 0 Å². The second-order valence-corrected chi connectivity index (χ2v) is 8.22. The first-order chi connectivity index (χ1) is 15.6. The molecule has 33 heavy (non-hydrogen) atoms. The number of pyridine rings is 2. The average Bonchev–Trinajstić information content (AvgIpc) is 3.15. The molecule has 3 aromatic rings. The Morgan fingerprint density at radius 3 is 2.58 bits per heavy atom. The van der Waals surface area contributed by atoms with Gasteiger partial charge in [0, 0.05) is 18.8 Å². The van der Waals surface area contributed by atoms with Crippen molar-refractivity contribution in [2.45, 2.75) is 51.8 Å². The van der Waals surface area contributed by atoms with Crippen LogP contribution in [-0.2, 0) is 12.6 Å². The van der Waals surface area contributed by atoms with Gasteiger partial charge in [-0.25, -0.2) is 9.67 Å². The smallest absolute Gasteiger partial charge is 0.393 e. The van der Waals surface area contributed by atoms with Gasteiger partial charge >= 0.3 is 6.18 Å². The van der Waals surface area contributed by atoms with E-state index in [1.54, 1.807) is 13.1 Å². The molecule has 6 nitrogen and oxygen atoms in total. The summed E-state index contributed by atoms with van der Waals surface area (Å²) in [5.41, 5.74) is 3.75. The Morgan fingerprint density at radius 2 is 1.97 bits per heavy atom. The maximum absolute atomic E-state index is 12.9. The number of alkyl halides is 3. The molecule has 1 atom stereocenters. The van der Waals surface area contributed by atoms with E-state index in [0.717, 1.165) is 41.1 Å². The van der Waals surface area contributed by atoms with Gasteiger partial charge in [0.1, 0.15) is 0 Å². The van der Waals surface area contributed by atoms with Gasteiger partial charge in [-0.05, 0) is 61.9 Å². The number of carbonyl (C=O) groups is 1. The van der Waals surface area contributed by atoms with Crippen LogP contribution in [-0.4, -0.2) is 36.7 Å². The number of halogens is 3. The molecule has 0 spiro atoms. The summed E-state index contributed by atoms with van der Waals surface area (Å²) in [6, 6.07) is 4.09. The summed E-state index contributed by atoms with van der Waals surface area (Å²) in [6.07, 6.45) is 3.31. The third-order valence-corrected chi connectivity index (χ3v) is 5.79. The van der Waals surface area contributed by atoms with Crippen molar-refractivity contribution in [2.24, 2.45) is 0 Å². The van der Waals surface area contributed by atoms with Crippen LogP contribution in [0.2, 0.25) is 0 Å². The third kappa shape index (κ3) is 4.88. The standard InChI is InChI=1S/C24H23F3N4O2/c1-14-9-16(11-29-23(14)17-3-6-19(32)7-4-17)10-21(33)20-13-30-31(15(20)2)22-8-5-18(12-28-22)24(25,26)27/h3,5,8-9,11-13,19,32H,4,6-7,10H2,1-2H3. The molecule has 0 saturated carbocycles. The van der Waals surface area contributed by atoms with Crippen LogP contribution in [0.1, 0.15) is 57.7 Å². The summed E-state index contributed by atoms with van der Waals surface area (Å²) in [4.78, 5) is 21.3. The number of aliphatic hydroxyl groups is 1. The molecule has 1 unspecified atom stereocenters. The zero-order chi connectivity index (χ0) is 23.8. The van der Waals surface area contributed by atoms with Crippen LogP contribution in [0.5, 0.6) is 0 Å². The lowest BCUT2D eigenvalue weighted by molar-refractivity contribution is -0.137. The Balaban J connectivity index is 1.50. The van der Waals surface area contributed by atoms with Crippen LogP contribution in [0.3, 0.4) is 0 Å². The number of rotatable bonds is 5. The van der Waals surface area contributed by atoms with Crippen LogP contribution in [0.4, 0.5) is 13.2 Å². The Labute approximate surface area is 188 Å². The molecule has 0 aliphatic heterocycles. The number of aliphatic hydroxyl groups excluding tert-OH is 1. The number of ketones is 1. The lowest BCUT2D eigenvalue weighted by Crippen LogP contribution is -2.11. The molecular weight excluding hydrogens is 433 g/mol. The zero-order valence-electron chi connectivity index (χ0n) is 18.2. The molecule has 3 aromatic heterocycles. The second-order valence-electron chi connectivity index (χ2n) is 8.22. The number of aromatic nitrogens is 4. The van der Waals surface area contributed by atoms with Crippen molar-refractivity contribution in [3.05, 3.63) is 76.5 Å². The van der Waals surface area contributed by atoms with E-state index in [2.05, 4.69) is 15.1 Å². The SMILES string of the molecule is Cc1cc(CC(=O)c2cnn(-c3ccc(C(F)(F)F)cn3)c2C)cnc1C1=CCC(O)CC1.